The first-order valence-electron chi connectivity index (χ1n) is 12.5. The van der Waals surface area contributed by atoms with Crippen LogP contribution in [0.4, 0.5) is 10.5 Å². The van der Waals surface area contributed by atoms with Crippen LogP contribution in [0, 0.1) is 0 Å². The molecule has 2 aliphatic rings. The topological polar surface area (TPSA) is 118 Å². The van der Waals surface area contributed by atoms with Crippen LogP contribution in [0.15, 0.2) is 35.5 Å². The van der Waals surface area contributed by atoms with E-state index in [4.69, 9.17) is 4.74 Å². The molecule has 0 saturated heterocycles. The number of benzene rings is 1. The van der Waals surface area contributed by atoms with Crippen LogP contribution in [0.5, 0.6) is 5.88 Å². The van der Waals surface area contributed by atoms with E-state index < -0.39 is 16.1 Å². The SMILES string of the molecule is COc1cc(-c2ccc3c(c2NC(=O)NS(=O)(=O)c2nn(C(C)C)c4c2CN(C)CC4)CCC3)ccn1. The Kier molecular flexibility index (Phi) is 6.67. The summed E-state index contributed by atoms with van der Waals surface area (Å²) in [4.78, 5) is 19.4. The fourth-order valence-corrected chi connectivity index (χ4v) is 6.34. The summed E-state index contributed by atoms with van der Waals surface area (Å²) < 4.78 is 36.1. The summed E-state index contributed by atoms with van der Waals surface area (Å²) in [5.74, 6) is 0.450. The van der Waals surface area contributed by atoms with Crippen molar-refractivity contribution >= 4 is 21.7 Å². The van der Waals surface area contributed by atoms with Crippen LogP contribution in [0.25, 0.3) is 11.1 Å². The van der Waals surface area contributed by atoms with Crippen molar-refractivity contribution in [2.45, 2.75) is 57.1 Å². The van der Waals surface area contributed by atoms with Gasteiger partial charge in [-0.05, 0) is 62.9 Å². The van der Waals surface area contributed by atoms with E-state index in [1.54, 1.807) is 24.1 Å². The van der Waals surface area contributed by atoms with Crippen LogP contribution in [-0.4, -0.2) is 54.8 Å². The zero-order valence-corrected chi connectivity index (χ0v) is 22.4. The molecule has 0 spiro atoms. The number of anilines is 1. The molecule has 0 unspecified atom stereocenters. The summed E-state index contributed by atoms with van der Waals surface area (Å²) >= 11 is 0. The van der Waals surface area contributed by atoms with Crippen molar-refractivity contribution in [1.29, 1.82) is 0 Å². The summed E-state index contributed by atoms with van der Waals surface area (Å²) in [7, 11) is -0.723. The second-order valence-electron chi connectivity index (χ2n) is 9.88. The van der Waals surface area contributed by atoms with E-state index in [0.717, 1.165) is 53.8 Å². The van der Waals surface area contributed by atoms with Crippen LogP contribution < -0.4 is 14.8 Å². The van der Waals surface area contributed by atoms with E-state index >= 15 is 0 Å². The molecule has 3 heterocycles. The molecule has 1 aromatic carbocycles. The van der Waals surface area contributed by atoms with Crippen molar-refractivity contribution < 1.29 is 17.9 Å². The van der Waals surface area contributed by atoms with E-state index in [9.17, 15) is 13.2 Å². The third-order valence-electron chi connectivity index (χ3n) is 6.99. The Morgan fingerprint density at radius 2 is 1.95 bits per heavy atom. The zero-order valence-electron chi connectivity index (χ0n) is 21.5. The summed E-state index contributed by atoms with van der Waals surface area (Å²) in [5.41, 5.74) is 5.91. The van der Waals surface area contributed by atoms with Crippen LogP contribution in [0.2, 0.25) is 0 Å². The quantitative estimate of drug-likeness (QED) is 0.506. The Bertz CT molecular complexity index is 1460. The number of likely N-dealkylation sites (N-methyl/N-ethyl adjacent to an activating group) is 1. The Labute approximate surface area is 217 Å². The predicted molar refractivity (Wildman–Crippen MR) is 140 cm³/mol. The fraction of sp³-hybridized carbons (Fsp3) is 0.423. The normalized spacial score (nSPS) is 15.4. The standard InChI is InChI=1S/C26H32N6O4S/c1-16(2)32-22-11-13-31(3)15-21(22)25(29-32)37(34,35)30-26(33)28-24-19-7-5-6-17(19)8-9-20(24)18-10-12-27-23(14-18)36-4/h8-10,12,14,16H,5-7,11,13,15H2,1-4H3,(H2,28,30,33). The number of aromatic nitrogens is 3. The Morgan fingerprint density at radius 1 is 1.14 bits per heavy atom. The number of nitrogens with zero attached hydrogens (tertiary/aromatic N) is 4. The van der Waals surface area contributed by atoms with Gasteiger partial charge in [0.1, 0.15) is 0 Å². The molecule has 1 aliphatic carbocycles. The second kappa shape index (κ2) is 9.79. The van der Waals surface area contributed by atoms with Gasteiger partial charge in [0.05, 0.1) is 12.8 Å². The van der Waals surface area contributed by atoms with Crippen molar-refractivity contribution in [3.63, 3.8) is 0 Å². The van der Waals surface area contributed by atoms with Crippen LogP contribution in [0.1, 0.15) is 48.7 Å². The molecule has 2 amide bonds. The van der Waals surface area contributed by atoms with Gasteiger partial charge in [0.25, 0.3) is 10.0 Å². The molecule has 2 aromatic heterocycles. The van der Waals surface area contributed by atoms with Crippen molar-refractivity contribution in [1.82, 2.24) is 24.4 Å². The molecule has 10 nitrogen and oxygen atoms in total. The number of ether oxygens (including phenoxy) is 1. The lowest BCUT2D eigenvalue weighted by Crippen LogP contribution is -2.36. The molecule has 11 heteroatoms. The number of methoxy groups -OCH3 is 1. The van der Waals surface area contributed by atoms with Crippen LogP contribution >= 0.6 is 0 Å². The molecule has 0 saturated carbocycles. The maximum absolute atomic E-state index is 13.4. The van der Waals surface area contributed by atoms with Crippen molar-refractivity contribution in [3.8, 4) is 17.0 Å². The molecule has 2 N–H and O–H groups in total. The smallest absolute Gasteiger partial charge is 0.333 e. The Balaban J connectivity index is 1.48. The molecule has 196 valence electrons. The maximum atomic E-state index is 13.4. The van der Waals surface area contributed by atoms with E-state index in [1.165, 1.54) is 0 Å². The lowest BCUT2D eigenvalue weighted by Gasteiger charge is -2.24. The molecule has 0 fully saturated rings. The second-order valence-corrected chi connectivity index (χ2v) is 11.5. The minimum atomic E-state index is -4.21. The monoisotopic (exact) mass is 524 g/mol. The number of aryl methyl sites for hydroxylation is 1. The van der Waals surface area contributed by atoms with Crippen molar-refractivity contribution in [2.75, 3.05) is 26.0 Å². The van der Waals surface area contributed by atoms with Crippen molar-refractivity contribution in [2.24, 2.45) is 0 Å². The highest BCUT2D eigenvalue weighted by molar-refractivity contribution is 7.90. The zero-order chi connectivity index (χ0) is 26.3. The number of carbonyl (C=O) groups is 1. The van der Waals surface area contributed by atoms with Crippen LogP contribution in [-0.2, 0) is 35.8 Å². The van der Waals surface area contributed by atoms with Gasteiger partial charge < -0.3 is 15.0 Å². The fourth-order valence-electron chi connectivity index (χ4n) is 5.24. The minimum absolute atomic E-state index is 0.00162. The number of pyridine rings is 1. The number of nitrogens with one attached hydrogen (secondary N) is 2. The first-order chi connectivity index (χ1) is 17.7. The summed E-state index contributed by atoms with van der Waals surface area (Å²) in [6.07, 6.45) is 5.02. The molecule has 3 aromatic rings. The lowest BCUT2D eigenvalue weighted by atomic mass is 9.98. The molecule has 37 heavy (non-hydrogen) atoms. The van der Waals surface area contributed by atoms with E-state index in [-0.39, 0.29) is 11.1 Å². The van der Waals surface area contributed by atoms with Gasteiger partial charge in [0, 0.05) is 54.6 Å². The third-order valence-corrected chi connectivity index (χ3v) is 8.28. The number of fused-ring (bicyclic) bond motifs is 2. The van der Waals surface area contributed by atoms with Gasteiger partial charge in [-0.2, -0.15) is 13.5 Å². The first kappa shape index (κ1) is 25.2. The number of carbonyl (C=O) groups excluding carboxylic acids is 1. The largest absolute Gasteiger partial charge is 0.481 e. The maximum Gasteiger partial charge on any atom is 0.333 e. The van der Waals surface area contributed by atoms with E-state index in [2.05, 4.69) is 31.1 Å². The number of sulfonamides is 1. The lowest BCUT2D eigenvalue weighted by molar-refractivity contribution is 0.256. The van der Waals surface area contributed by atoms with Gasteiger partial charge in [0.2, 0.25) is 10.9 Å². The predicted octanol–water partition coefficient (Wildman–Crippen LogP) is 3.52. The molecule has 0 atom stereocenters. The number of hydrogen-bond donors (Lipinski definition) is 2. The molecular weight excluding hydrogens is 492 g/mol. The van der Waals surface area contributed by atoms with Gasteiger partial charge in [0.15, 0.2) is 0 Å². The number of urea groups is 1. The third kappa shape index (κ3) is 4.80. The van der Waals surface area contributed by atoms with Gasteiger partial charge in [-0.1, -0.05) is 12.1 Å². The van der Waals surface area contributed by atoms with Gasteiger partial charge in [-0.15, -0.1) is 0 Å². The highest BCUT2D eigenvalue weighted by Gasteiger charge is 2.32. The Morgan fingerprint density at radius 3 is 2.70 bits per heavy atom. The van der Waals surface area contributed by atoms with E-state index in [1.807, 2.05) is 33.0 Å². The highest BCUT2D eigenvalue weighted by atomic mass is 32.2. The van der Waals surface area contributed by atoms with Gasteiger partial charge >= 0.3 is 6.03 Å². The summed E-state index contributed by atoms with van der Waals surface area (Å²) in [5, 5.41) is 7.21. The van der Waals surface area contributed by atoms with Gasteiger partial charge in [-0.3, -0.25) is 4.68 Å². The number of amides is 2. The average molecular weight is 525 g/mol. The highest BCUT2D eigenvalue weighted by Crippen LogP contribution is 2.38. The van der Waals surface area contributed by atoms with Gasteiger partial charge in [-0.25, -0.2) is 14.5 Å². The van der Waals surface area contributed by atoms with Crippen molar-refractivity contribution in [3.05, 3.63) is 52.8 Å². The number of rotatable bonds is 6. The Hall–Kier alpha value is -3.44. The minimum Gasteiger partial charge on any atom is -0.481 e. The first-order valence-corrected chi connectivity index (χ1v) is 13.9. The summed E-state index contributed by atoms with van der Waals surface area (Å²) in [6, 6.07) is 6.81. The molecule has 1 aliphatic heterocycles. The molecular formula is C26H32N6O4S. The number of hydrogen-bond acceptors (Lipinski definition) is 7. The summed E-state index contributed by atoms with van der Waals surface area (Å²) in [6.45, 7) is 5.21. The van der Waals surface area contributed by atoms with Crippen LogP contribution in [0.3, 0.4) is 0 Å². The molecule has 5 rings (SSSR count). The molecule has 0 bridgehead atoms. The molecule has 0 radical (unpaired) electrons. The average Bonchev–Trinajstić information content (AvgIpc) is 3.49. The van der Waals surface area contributed by atoms with E-state index in [0.29, 0.717) is 30.1 Å².